The van der Waals surface area contributed by atoms with E-state index in [0.717, 1.165) is 18.2 Å². The summed E-state index contributed by atoms with van der Waals surface area (Å²) in [5, 5.41) is 11.6. The van der Waals surface area contributed by atoms with Crippen LogP contribution in [0.5, 0.6) is 0 Å². The fourth-order valence-electron chi connectivity index (χ4n) is 1.58. The Morgan fingerprint density at radius 1 is 1.21 bits per heavy atom. The van der Waals surface area contributed by atoms with Crippen molar-refractivity contribution in [2.45, 2.75) is 6.42 Å². The number of nitrogens with zero attached hydrogens (tertiary/aromatic N) is 3. The molecule has 6 heteroatoms. The van der Waals surface area contributed by atoms with Crippen LogP contribution in [0.1, 0.15) is 11.3 Å². The molecule has 2 rings (SSSR count). The van der Waals surface area contributed by atoms with E-state index in [2.05, 4.69) is 15.3 Å². The molecule has 0 amide bonds. The second-order valence-corrected chi connectivity index (χ2v) is 3.81. The molecule has 0 atom stereocenters. The van der Waals surface area contributed by atoms with Gasteiger partial charge in [0.2, 0.25) is 0 Å². The molecule has 4 nitrogen and oxygen atoms in total. The minimum absolute atomic E-state index is 0.245. The van der Waals surface area contributed by atoms with Gasteiger partial charge >= 0.3 is 0 Å². The number of hydrogen-bond donors (Lipinski definition) is 1. The lowest BCUT2D eigenvalue weighted by atomic mass is 10.1. The first-order valence-electron chi connectivity index (χ1n) is 5.59. The molecule has 0 fully saturated rings. The molecule has 2 aromatic rings. The largest absolute Gasteiger partial charge is 0.370 e. The molecule has 0 aliphatic carbocycles. The van der Waals surface area contributed by atoms with Gasteiger partial charge in [-0.2, -0.15) is 5.26 Å². The Morgan fingerprint density at radius 3 is 2.84 bits per heavy atom. The number of benzene rings is 1. The van der Waals surface area contributed by atoms with Crippen LogP contribution in [0, 0.1) is 23.0 Å². The van der Waals surface area contributed by atoms with Crippen molar-refractivity contribution in [3.8, 4) is 6.07 Å². The molecule has 0 unspecified atom stereocenters. The third-order valence-electron chi connectivity index (χ3n) is 2.49. The third kappa shape index (κ3) is 3.45. The Morgan fingerprint density at radius 2 is 2.05 bits per heavy atom. The monoisotopic (exact) mass is 260 g/mol. The minimum atomic E-state index is -0.467. The van der Waals surface area contributed by atoms with E-state index in [9.17, 15) is 8.78 Å². The number of nitrogens with one attached hydrogen (secondary N) is 1. The van der Waals surface area contributed by atoms with Crippen molar-refractivity contribution in [1.29, 1.82) is 5.26 Å². The molecule has 96 valence electrons. The van der Waals surface area contributed by atoms with Gasteiger partial charge in [0, 0.05) is 12.6 Å². The second-order valence-electron chi connectivity index (χ2n) is 3.81. The molecular formula is C13H10F2N4. The van der Waals surface area contributed by atoms with Crippen molar-refractivity contribution in [3.05, 3.63) is 53.5 Å². The van der Waals surface area contributed by atoms with Crippen LogP contribution in [0.25, 0.3) is 0 Å². The molecule has 0 aliphatic rings. The molecule has 19 heavy (non-hydrogen) atoms. The molecule has 1 aromatic carbocycles. The smallest absolute Gasteiger partial charge is 0.145 e. The molecule has 1 aromatic heterocycles. The number of nitriles is 1. The van der Waals surface area contributed by atoms with Gasteiger partial charge < -0.3 is 5.32 Å². The molecule has 0 aliphatic heterocycles. The summed E-state index contributed by atoms with van der Waals surface area (Å²) in [5.41, 5.74) is 0.538. The number of halogens is 2. The number of rotatable bonds is 4. The highest BCUT2D eigenvalue weighted by Crippen LogP contribution is 2.11. The van der Waals surface area contributed by atoms with E-state index in [1.165, 1.54) is 12.4 Å². The highest BCUT2D eigenvalue weighted by molar-refractivity contribution is 5.38. The molecule has 0 radical (unpaired) electrons. The van der Waals surface area contributed by atoms with Crippen molar-refractivity contribution in [2.75, 3.05) is 11.9 Å². The van der Waals surface area contributed by atoms with E-state index in [1.807, 2.05) is 6.07 Å². The van der Waals surface area contributed by atoms with E-state index in [1.54, 1.807) is 0 Å². The molecular weight excluding hydrogens is 250 g/mol. The van der Waals surface area contributed by atoms with Crippen LogP contribution >= 0.6 is 0 Å². The van der Waals surface area contributed by atoms with Crippen molar-refractivity contribution in [1.82, 2.24) is 9.97 Å². The van der Waals surface area contributed by atoms with Crippen molar-refractivity contribution < 1.29 is 8.78 Å². The predicted octanol–water partition coefficient (Wildman–Crippen LogP) is 2.28. The van der Waals surface area contributed by atoms with Crippen molar-refractivity contribution in [2.24, 2.45) is 0 Å². The Bertz CT molecular complexity index is 622. The number of anilines is 1. The van der Waals surface area contributed by atoms with Gasteiger partial charge in [-0.25, -0.2) is 18.7 Å². The van der Waals surface area contributed by atoms with Gasteiger partial charge in [-0.05, 0) is 30.2 Å². The molecule has 1 N–H and O–H groups in total. The van der Waals surface area contributed by atoms with Crippen LogP contribution in [0.15, 0.2) is 30.6 Å². The zero-order valence-electron chi connectivity index (χ0n) is 9.90. The zero-order chi connectivity index (χ0) is 13.7. The Labute approximate surface area is 108 Å². The fraction of sp³-hybridized carbons (Fsp3) is 0.154. The average molecular weight is 260 g/mol. The van der Waals surface area contributed by atoms with Gasteiger partial charge in [-0.3, -0.25) is 0 Å². The van der Waals surface area contributed by atoms with E-state index >= 15 is 0 Å². The third-order valence-corrected chi connectivity index (χ3v) is 2.49. The van der Waals surface area contributed by atoms with Gasteiger partial charge in [0.1, 0.15) is 35.5 Å². The highest BCUT2D eigenvalue weighted by atomic mass is 19.1. The maximum absolute atomic E-state index is 13.4. The van der Waals surface area contributed by atoms with Gasteiger partial charge in [-0.15, -0.1) is 0 Å². The van der Waals surface area contributed by atoms with E-state index in [0.29, 0.717) is 24.3 Å². The normalized spacial score (nSPS) is 9.95. The zero-order valence-corrected chi connectivity index (χ0v) is 9.90. The molecule has 1 heterocycles. The first-order valence-corrected chi connectivity index (χ1v) is 5.59. The van der Waals surface area contributed by atoms with E-state index < -0.39 is 11.6 Å². The first-order chi connectivity index (χ1) is 9.19. The van der Waals surface area contributed by atoms with Gasteiger partial charge in [-0.1, -0.05) is 0 Å². The summed E-state index contributed by atoms with van der Waals surface area (Å²) in [6.45, 7) is 0.377. The summed E-state index contributed by atoms with van der Waals surface area (Å²) >= 11 is 0. The standard InChI is InChI=1S/C13H10F2N4/c14-10-1-2-12(15)9(5-10)3-4-17-13-6-11(7-16)18-8-19-13/h1-2,5-6,8H,3-4H2,(H,17,18,19). The molecule has 0 spiro atoms. The van der Waals surface area contributed by atoms with Crippen molar-refractivity contribution >= 4 is 5.82 Å². The quantitative estimate of drug-likeness (QED) is 0.916. The van der Waals surface area contributed by atoms with Crippen LogP contribution < -0.4 is 5.32 Å². The Hall–Kier alpha value is -2.55. The SMILES string of the molecule is N#Cc1cc(NCCc2cc(F)ccc2F)ncn1. The van der Waals surface area contributed by atoms with Gasteiger partial charge in [0.25, 0.3) is 0 Å². The minimum Gasteiger partial charge on any atom is -0.370 e. The van der Waals surface area contributed by atoms with E-state index in [-0.39, 0.29) is 5.69 Å². The van der Waals surface area contributed by atoms with Crippen molar-refractivity contribution in [3.63, 3.8) is 0 Å². The molecule has 0 saturated heterocycles. The number of aromatic nitrogens is 2. The van der Waals surface area contributed by atoms with Gasteiger partial charge in [0.15, 0.2) is 0 Å². The molecule has 0 saturated carbocycles. The van der Waals surface area contributed by atoms with Crippen LogP contribution in [0.3, 0.4) is 0 Å². The Balaban J connectivity index is 1.96. The predicted molar refractivity (Wildman–Crippen MR) is 65.3 cm³/mol. The lowest BCUT2D eigenvalue weighted by Gasteiger charge is -2.06. The maximum Gasteiger partial charge on any atom is 0.145 e. The van der Waals surface area contributed by atoms with Gasteiger partial charge in [0.05, 0.1) is 0 Å². The van der Waals surface area contributed by atoms with Crippen LogP contribution in [-0.4, -0.2) is 16.5 Å². The summed E-state index contributed by atoms with van der Waals surface area (Å²) in [7, 11) is 0. The molecule has 0 bridgehead atoms. The lowest BCUT2D eigenvalue weighted by Crippen LogP contribution is -2.08. The van der Waals surface area contributed by atoms with Crippen LogP contribution in [0.2, 0.25) is 0 Å². The fourth-order valence-corrected chi connectivity index (χ4v) is 1.58. The number of hydrogen-bond acceptors (Lipinski definition) is 4. The first kappa shape index (κ1) is 12.9. The topological polar surface area (TPSA) is 61.6 Å². The second kappa shape index (κ2) is 5.87. The summed E-state index contributed by atoms with van der Waals surface area (Å²) in [6.07, 6.45) is 1.58. The highest BCUT2D eigenvalue weighted by Gasteiger charge is 2.04. The summed E-state index contributed by atoms with van der Waals surface area (Å²) < 4.78 is 26.3. The van der Waals surface area contributed by atoms with E-state index in [4.69, 9.17) is 5.26 Å². The van der Waals surface area contributed by atoms with Crippen LogP contribution in [0.4, 0.5) is 14.6 Å². The summed E-state index contributed by atoms with van der Waals surface area (Å²) in [4.78, 5) is 7.65. The Kier molecular flexibility index (Phi) is 3.98. The summed E-state index contributed by atoms with van der Waals surface area (Å²) in [6, 6.07) is 6.72. The summed E-state index contributed by atoms with van der Waals surface area (Å²) in [5.74, 6) is -0.433. The average Bonchev–Trinajstić information content (AvgIpc) is 2.43. The van der Waals surface area contributed by atoms with Crippen LogP contribution in [-0.2, 0) is 6.42 Å². The lowest BCUT2D eigenvalue weighted by molar-refractivity contribution is 0.586. The maximum atomic E-state index is 13.4.